The lowest BCUT2D eigenvalue weighted by molar-refractivity contribution is -0.143. The molecule has 632 valence electrons. The van der Waals surface area contributed by atoms with Gasteiger partial charge < -0.3 is 119 Å². The summed E-state index contributed by atoms with van der Waals surface area (Å²) in [5.74, 6) is -14.7. The van der Waals surface area contributed by atoms with Crippen molar-refractivity contribution >= 4 is 82.8 Å². The van der Waals surface area contributed by atoms with Crippen LogP contribution in [0.1, 0.15) is 198 Å². The third-order valence-corrected chi connectivity index (χ3v) is 18.5. The number of amides is 13. The third-order valence-electron chi connectivity index (χ3n) is 18.5. The predicted octanol–water partition coefficient (Wildman–Crippen LogP) is -2.62. The van der Waals surface area contributed by atoms with E-state index in [9.17, 15) is 82.4 Å². The van der Waals surface area contributed by atoms with Gasteiger partial charge in [0.2, 0.25) is 76.8 Å². The molecule has 0 heterocycles. The average Bonchev–Trinajstić information content (AvgIpc) is 0.849. The molecule has 0 aliphatic carbocycles. The number of hydrogen-bond donors (Lipinski definition) is 22. The lowest BCUT2D eigenvalue weighted by Crippen LogP contribution is -2.62. The summed E-state index contributed by atoms with van der Waals surface area (Å²) in [6.45, 7) is 21.9. The van der Waals surface area contributed by atoms with E-state index >= 15 is 0 Å². The largest absolute Gasteiger partial charge is 0.508 e. The molecule has 0 saturated carbocycles. The molecule has 0 spiro atoms. The van der Waals surface area contributed by atoms with E-state index in [-0.39, 0.29) is 63.3 Å². The van der Waals surface area contributed by atoms with Gasteiger partial charge in [-0.2, -0.15) is 0 Å². The Morgan fingerprint density at radius 3 is 0.955 bits per heavy atom. The number of rotatable bonds is 56. The minimum absolute atomic E-state index is 0.0595. The Morgan fingerprint density at radius 1 is 0.315 bits per heavy atom. The second-order valence-corrected chi connectivity index (χ2v) is 30.3. The Morgan fingerprint density at radius 2 is 0.586 bits per heavy atom. The molecular formula is C75H135N19O17. The first-order chi connectivity index (χ1) is 52.2. The van der Waals surface area contributed by atoms with Crippen molar-refractivity contribution in [3.8, 4) is 5.75 Å². The number of phenols is 1. The summed E-state index contributed by atoms with van der Waals surface area (Å²) in [4.78, 5) is 195. The van der Waals surface area contributed by atoms with Gasteiger partial charge in [-0.25, -0.2) is 4.79 Å². The highest BCUT2D eigenvalue weighted by Crippen LogP contribution is 2.17. The molecule has 0 aliphatic rings. The van der Waals surface area contributed by atoms with E-state index in [1.165, 1.54) is 45.0 Å². The Bertz CT molecular complexity index is 3110. The lowest BCUT2D eigenvalue weighted by Gasteiger charge is -2.30. The van der Waals surface area contributed by atoms with E-state index in [1.54, 1.807) is 69.2 Å². The summed E-state index contributed by atoms with van der Waals surface area (Å²) >= 11 is 0. The van der Waals surface area contributed by atoms with Gasteiger partial charge >= 0.3 is 5.97 Å². The van der Waals surface area contributed by atoms with Gasteiger partial charge in [-0.3, -0.25) is 62.3 Å². The van der Waals surface area contributed by atoms with Crippen LogP contribution in [-0.2, 0) is 73.5 Å². The van der Waals surface area contributed by atoms with Crippen LogP contribution in [0.15, 0.2) is 24.3 Å². The number of aliphatic hydroxyl groups excluding tert-OH is 1. The summed E-state index contributed by atoms with van der Waals surface area (Å²) in [6.07, 6.45) is 3.82. The molecule has 1 aromatic rings. The molecular weight excluding hydrogens is 1440 g/mol. The van der Waals surface area contributed by atoms with Gasteiger partial charge in [0.05, 0.1) is 12.1 Å². The monoisotopic (exact) mass is 1570 g/mol. The Labute approximate surface area is 653 Å². The number of nitrogens with one attached hydrogen (secondary N) is 13. The first kappa shape index (κ1) is 100. The van der Waals surface area contributed by atoms with E-state index in [0.717, 1.165) is 0 Å². The number of benzene rings is 1. The van der Waals surface area contributed by atoms with Crippen LogP contribution in [0.2, 0.25) is 0 Å². The number of carboxylic acid groups (broad SMARTS) is 1. The van der Waals surface area contributed by atoms with Gasteiger partial charge in [-0.05, 0) is 197 Å². The van der Waals surface area contributed by atoms with Gasteiger partial charge in [0, 0.05) is 6.42 Å². The highest BCUT2D eigenvalue weighted by Gasteiger charge is 2.39. The highest BCUT2D eigenvalue weighted by atomic mass is 16.4. The third kappa shape index (κ3) is 37.9. The molecule has 0 bridgehead atoms. The Kier molecular flexibility index (Phi) is 48.2. The van der Waals surface area contributed by atoms with Gasteiger partial charge in [-0.1, -0.05) is 87.8 Å². The first-order valence-electron chi connectivity index (χ1n) is 39.1. The molecule has 36 nitrogen and oxygen atoms in total. The molecule has 0 aliphatic heterocycles. The molecule has 13 amide bonds. The van der Waals surface area contributed by atoms with Crippen molar-refractivity contribution in [2.24, 2.45) is 64.0 Å². The standard InChI is InChI=1S/C75H135N19O17/c1-40(2)38-55(68(103)91-58(42(5)6)71(106)87-54(75(110)111)28-18-23-37-80)88-72(107)59(43(7)8)92-69(104)56(39-48-29-31-49(96)32-30-48)89-74(109)61(47(13)95)94-63(98)46(12)82-62(97)45(11)83-70(105)57(41(3)4)93-73(108)60(44(9)10)90-67(102)53(27-17-22-36-79)86-66(101)52(26-16-21-35-78)85-65(100)51(25-15-20-34-77)84-64(99)50(81)24-14-19-33-76/h29-32,40-47,50-61,95-96H,14-28,33-39,76-81H2,1-13H3,(H,82,97)(H,83,105)(H,84,99)(H,85,100)(H,86,101)(H,87,106)(H,88,107)(H,89,109)(H,90,102)(H,91,103)(H,92,104)(H,93,108)(H,94,98)(H,110,111)/t45-,46-,47+,50-,51-,52-,53-,54-,55-,56-,57-,58-,59-,60-,61-/m0/s1. The topological polar surface area (TPSA) is 612 Å². The molecule has 28 N–H and O–H groups in total. The van der Waals surface area contributed by atoms with Crippen LogP contribution < -0.4 is 104 Å². The maximum Gasteiger partial charge on any atom is 0.326 e. The number of carboxylic acids is 1. The van der Waals surface area contributed by atoms with Crippen LogP contribution in [0.4, 0.5) is 0 Å². The smallest absolute Gasteiger partial charge is 0.326 e. The minimum atomic E-state index is -1.80. The lowest BCUT2D eigenvalue weighted by atomic mass is 9.97. The Hall–Kier alpha value is -8.68. The number of carbonyl (C=O) groups excluding carboxylic acids is 13. The second-order valence-electron chi connectivity index (χ2n) is 30.3. The van der Waals surface area contributed by atoms with Crippen molar-refractivity contribution in [3.63, 3.8) is 0 Å². The molecule has 0 radical (unpaired) electrons. The SMILES string of the molecule is CC(C)C[C@H](NC(=O)[C@@H](NC(=O)[C@H](Cc1ccc(O)cc1)NC(=O)[C@@H](NC(=O)[C@H](C)NC(=O)[C@H](C)NC(=O)[C@@H](NC(=O)[C@@H](NC(=O)[C@H](CCCCN)NC(=O)[C@H](CCCCN)NC(=O)[C@H](CCCCN)NC(=O)[C@@H](N)CCCCN)C(C)C)C(C)C)[C@@H](C)O)C(C)C)C(=O)N[C@H](C(=O)N[C@@H](CCCCN)C(=O)O)C(C)C. The van der Waals surface area contributed by atoms with Crippen LogP contribution in [0, 0.1) is 29.6 Å². The van der Waals surface area contributed by atoms with Crippen LogP contribution in [0.25, 0.3) is 0 Å². The summed E-state index contributed by atoms with van der Waals surface area (Å²) in [5.41, 5.74) is 35.1. The zero-order chi connectivity index (χ0) is 84.4. The van der Waals surface area contributed by atoms with Gasteiger partial charge in [0.15, 0.2) is 0 Å². The number of phenolic OH excluding ortho intramolecular Hbond substituents is 1. The number of aromatic hydroxyl groups is 1. The maximum absolute atomic E-state index is 14.5. The Balaban J connectivity index is 3.42. The molecule has 0 saturated heterocycles. The highest BCUT2D eigenvalue weighted by molar-refractivity contribution is 6.00. The van der Waals surface area contributed by atoms with E-state index < -0.39 is 197 Å². The number of aliphatic carboxylic acids is 1. The van der Waals surface area contributed by atoms with E-state index in [2.05, 4.69) is 69.1 Å². The van der Waals surface area contributed by atoms with Gasteiger partial charge in [0.1, 0.15) is 84.3 Å². The number of hydrogen-bond acceptors (Lipinski definition) is 22. The van der Waals surface area contributed by atoms with Crippen molar-refractivity contribution in [1.82, 2.24) is 69.1 Å². The fourth-order valence-electron chi connectivity index (χ4n) is 11.7. The molecule has 0 fully saturated rings. The summed E-state index contributed by atoms with van der Waals surface area (Å²) < 4.78 is 0. The first-order valence-corrected chi connectivity index (χ1v) is 39.1. The van der Waals surface area contributed by atoms with E-state index in [0.29, 0.717) is 95.8 Å². The van der Waals surface area contributed by atoms with Gasteiger partial charge in [-0.15, -0.1) is 0 Å². The molecule has 0 unspecified atom stereocenters. The minimum Gasteiger partial charge on any atom is -0.508 e. The predicted molar refractivity (Wildman–Crippen MR) is 419 cm³/mol. The van der Waals surface area contributed by atoms with E-state index in [1.807, 2.05) is 0 Å². The fraction of sp³-hybridized carbons (Fsp3) is 0.733. The molecule has 15 atom stereocenters. The van der Waals surface area contributed by atoms with Crippen LogP contribution in [-0.4, -0.2) is 221 Å². The number of unbranched alkanes of at least 4 members (excludes halogenated alkanes) is 5. The quantitative estimate of drug-likeness (QED) is 0.0297. The molecule has 1 rings (SSSR count). The normalized spacial score (nSPS) is 15.5. The second kappa shape index (κ2) is 53.3. The molecule has 111 heavy (non-hydrogen) atoms. The fourth-order valence-corrected chi connectivity index (χ4v) is 11.7. The maximum atomic E-state index is 14.5. The number of nitrogens with two attached hydrogens (primary N) is 6. The average molecular weight is 1580 g/mol. The molecule has 1 aromatic carbocycles. The van der Waals surface area contributed by atoms with Crippen molar-refractivity contribution < 1.29 is 82.4 Å². The van der Waals surface area contributed by atoms with Gasteiger partial charge in [0.25, 0.3) is 0 Å². The zero-order valence-corrected chi connectivity index (χ0v) is 67.4. The van der Waals surface area contributed by atoms with Crippen molar-refractivity contribution in [2.45, 2.75) is 290 Å². The van der Waals surface area contributed by atoms with Crippen LogP contribution in [0.5, 0.6) is 5.75 Å². The molecule has 0 aromatic heterocycles. The van der Waals surface area contributed by atoms with Crippen molar-refractivity contribution in [1.29, 1.82) is 0 Å². The zero-order valence-electron chi connectivity index (χ0n) is 67.4. The van der Waals surface area contributed by atoms with Crippen LogP contribution in [0.3, 0.4) is 0 Å². The van der Waals surface area contributed by atoms with E-state index in [4.69, 9.17) is 34.4 Å². The summed E-state index contributed by atoms with van der Waals surface area (Å²) in [5, 5.41) is 65.0. The summed E-state index contributed by atoms with van der Waals surface area (Å²) in [7, 11) is 0. The molecule has 36 heteroatoms. The van der Waals surface area contributed by atoms with Crippen molar-refractivity contribution in [3.05, 3.63) is 29.8 Å². The number of carbonyl (C=O) groups is 14. The summed E-state index contributed by atoms with van der Waals surface area (Å²) in [6, 6.07) is -12.9. The van der Waals surface area contributed by atoms with Crippen LogP contribution >= 0.6 is 0 Å². The van der Waals surface area contributed by atoms with Crippen molar-refractivity contribution in [2.75, 3.05) is 32.7 Å². The number of aliphatic hydroxyl groups is 1.